The summed E-state index contributed by atoms with van der Waals surface area (Å²) in [5.74, 6) is 2.04. The van der Waals surface area contributed by atoms with Gasteiger partial charge in [-0.1, -0.05) is 26.0 Å². The van der Waals surface area contributed by atoms with Crippen LogP contribution in [0.15, 0.2) is 12.2 Å². The van der Waals surface area contributed by atoms with Crippen LogP contribution in [0.25, 0.3) is 0 Å². The fraction of sp³-hybridized carbons (Fsp3) is 0.867. The largest absolute Gasteiger partial charge is 0.396 e. The fourth-order valence-electron chi connectivity index (χ4n) is 5.26. The Balaban J connectivity index is 2.05. The summed E-state index contributed by atoms with van der Waals surface area (Å²) in [4.78, 5) is 0. The molecule has 0 aromatic carbocycles. The molecule has 90 valence electrons. The lowest BCUT2D eigenvalue weighted by atomic mass is 9.54. The third-order valence-electron chi connectivity index (χ3n) is 6.41. The van der Waals surface area contributed by atoms with Crippen molar-refractivity contribution in [3.63, 3.8) is 0 Å². The number of aliphatic hydroxyl groups excluding tert-OH is 1. The average molecular weight is 220 g/mol. The highest BCUT2D eigenvalue weighted by Crippen LogP contribution is 2.70. The number of rotatable bonds is 1. The lowest BCUT2D eigenvalue weighted by Gasteiger charge is -2.51. The minimum Gasteiger partial charge on any atom is -0.396 e. The smallest absolute Gasteiger partial charge is 0.0467 e. The van der Waals surface area contributed by atoms with E-state index in [1.807, 2.05) is 0 Å². The molecule has 1 N–H and O–H groups in total. The zero-order valence-electron chi connectivity index (χ0n) is 10.6. The van der Waals surface area contributed by atoms with Gasteiger partial charge in [0.15, 0.2) is 0 Å². The van der Waals surface area contributed by atoms with Crippen LogP contribution < -0.4 is 0 Å². The van der Waals surface area contributed by atoms with Crippen LogP contribution in [0.4, 0.5) is 0 Å². The molecule has 3 rings (SSSR count). The van der Waals surface area contributed by atoms with Gasteiger partial charge in [0.2, 0.25) is 0 Å². The first-order valence-corrected chi connectivity index (χ1v) is 6.81. The van der Waals surface area contributed by atoms with E-state index < -0.39 is 0 Å². The van der Waals surface area contributed by atoms with Crippen LogP contribution >= 0.6 is 0 Å². The van der Waals surface area contributed by atoms with E-state index in [4.69, 9.17) is 0 Å². The van der Waals surface area contributed by atoms with Crippen molar-refractivity contribution in [3.05, 3.63) is 12.2 Å². The first-order valence-electron chi connectivity index (χ1n) is 6.81. The Morgan fingerprint density at radius 1 is 1.38 bits per heavy atom. The zero-order valence-corrected chi connectivity index (χ0v) is 10.6. The molecule has 1 heteroatoms. The minimum atomic E-state index is 0.337. The Hall–Kier alpha value is -0.300. The van der Waals surface area contributed by atoms with Crippen LogP contribution in [0.5, 0.6) is 0 Å². The molecule has 4 unspecified atom stereocenters. The molecule has 4 atom stereocenters. The van der Waals surface area contributed by atoms with Crippen molar-refractivity contribution in [2.24, 2.45) is 28.6 Å². The topological polar surface area (TPSA) is 20.2 Å². The van der Waals surface area contributed by atoms with E-state index in [-0.39, 0.29) is 0 Å². The maximum absolute atomic E-state index is 9.79. The normalized spacial score (nSPS) is 49.4. The Kier molecular flexibility index (Phi) is 2.12. The Morgan fingerprint density at radius 2 is 2.12 bits per heavy atom. The molecule has 1 nitrogen and oxygen atoms in total. The maximum Gasteiger partial charge on any atom is 0.0467 e. The lowest BCUT2D eigenvalue weighted by molar-refractivity contribution is -0.0419. The molecule has 3 saturated carbocycles. The van der Waals surface area contributed by atoms with Gasteiger partial charge in [0, 0.05) is 6.61 Å². The van der Waals surface area contributed by atoms with Crippen molar-refractivity contribution in [1.82, 2.24) is 0 Å². The van der Waals surface area contributed by atoms with Crippen LogP contribution in [0.2, 0.25) is 0 Å². The van der Waals surface area contributed by atoms with Gasteiger partial charge in [-0.05, 0) is 60.7 Å². The summed E-state index contributed by atoms with van der Waals surface area (Å²) in [7, 11) is 0. The molecule has 2 bridgehead atoms. The van der Waals surface area contributed by atoms with Crippen LogP contribution in [-0.4, -0.2) is 11.7 Å². The summed E-state index contributed by atoms with van der Waals surface area (Å²) in [6.07, 6.45) is 6.56. The predicted octanol–water partition coefficient (Wildman–Crippen LogP) is 3.39. The third-order valence-corrected chi connectivity index (χ3v) is 6.41. The van der Waals surface area contributed by atoms with Crippen LogP contribution in [0, 0.1) is 28.6 Å². The molecule has 0 aromatic heterocycles. The highest BCUT2D eigenvalue weighted by molar-refractivity contribution is 5.25. The van der Waals surface area contributed by atoms with Crippen LogP contribution in [-0.2, 0) is 0 Å². The summed E-state index contributed by atoms with van der Waals surface area (Å²) in [5.41, 5.74) is 2.28. The van der Waals surface area contributed by atoms with Crippen LogP contribution in [0.3, 0.4) is 0 Å². The van der Waals surface area contributed by atoms with Crippen LogP contribution in [0.1, 0.15) is 46.0 Å². The molecule has 3 aliphatic rings. The van der Waals surface area contributed by atoms with Crippen molar-refractivity contribution >= 4 is 0 Å². The summed E-state index contributed by atoms with van der Waals surface area (Å²) >= 11 is 0. The van der Waals surface area contributed by atoms with E-state index in [0.717, 1.165) is 11.8 Å². The number of fused-ring (bicyclic) bond motifs is 1. The van der Waals surface area contributed by atoms with Crippen molar-refractivity contribution in [3.8, 4) is 0 Å². The molecule has 0 aliphatic heterocycles. The van der Waals surface area contributed by atoms with E-state index >= 15 is 0 Å². The van der Waals surface area contributed by atoms with Gasteiger partial charge in [-0.3, -0.25) is 0 Å². The number of hydrogen-bond donors (Lipinski definition) is 1. The van der Waals surface area contributed by atoms with E-state index in [1.165, 1.54) is 37.7 Å². The SMILES string of the molecule is C=C1CCC2C(CO)C(C)(C)C3CCC12C3. The zero-order chi connectivity index (χ0) is 11.6. The molecular formula is C15H24O. The second-order valence-electron chi connectivity index (χ2n) is 6.96. The fourth-order valence-corrected chi connectivity index (χ4v) is 5.26. The van der Waals surface area contributed by atoms with Gasteiger partial charge in [0.25, 0.3) is 0 Å². The monoisotopic (exact) mass is 220 g/mol. The Labute approximate surface area is 98.9 Å². The van der Waals surface area contributed by atoms with E-state index in [2.05, 4.69) is 20.4 Å². The van der Waals surface area contributed by atoms with Gasteiger partial charge >= 0.3 is 0 Å². The lowest BCUT2D eigenvalue weighted by Crippen LogP contribution is -2.46. The number of aliphatic hydroxyl groups is 1. The van der Waals surface area contributed by atoms with E-state index in [1.54, 1.807) is 0 Å². The van der Waals surface area contributed by atoms with Crippen molar-refractivity contribution in [2.75, 3.05) is 6.61 Å². The summed E-state index contributed by atoms with van der Waals surface area (Å²) in [6.45, 7) is 9.49. The molecule has 0 saturated heterocycles. The van der Waals surface area contributed by atoms with Gasteiger partial charge in [0.05, 0.1) is 0 Å². The molecule has 16 heavy (non-hydrogen) atoms. The quantitative estimate of drug-likeness (QED) is 0.672. The number of hydrogen-bond acceptors (Lipinski definition) is 1. The molecule has 3 fully saturated rings. The average Bonchev–Trinajstić information content (AvgIpc) is 2.78. The second kappa shape index (κ2) is 3.13. The van der Waals surface area contributed by atoms with Gasteiger partial charge in [-0.15, -0.1) is 0 Å². The maximum atomic E-state index is 9.79. The van der Waals surface area contributed by atoms with Gasteiger partial charge in [-0.25, -0.2) is 0 Å². The molecule has 0 heterocycles. The molecule has 0 aromatic rings. The summed E-state index contributed by atoms with van der Waals surface area (Å²) < 4.78 is 0. The molecule has 1 spiro atoms. The van der Waals surface area contributed by atoms with Gasteiger partial charge in [0.1, 0.15) is 0 Å². The molecule has 0 radical (unpaired) electrons. The second-order valence-corrected chi connectivity index (χ2v) is 6.96. The van der Waals surface area contributed by atoms with E-state index in [0.29, 0.717) is 23.4 Å². The summed E-state index contributed by atoms with van der Waals surface area (Å²) in [6, 6.07) is 0. The number of allylic oxidation sites excluding steroid dienone is 1. The third kappa shape index (κ3) is 1.06. The Bertz CT molecular complexity index is 330. The summed E-state index contributed by atoms with van der Waals surface area (Å²) in [5, 5.41) is 9.79. The first kappa shape index (κ1) is 10.8. The Morgan fingerprint density at radius 3 is 2.81 bits per heavy atom. The van der Waals surface area contributed by atoms with E-state index in [9.17, 15) is 5.11 Å². The minimum absolute atomic E-state index is 0.337. The first-order chi connectivity index (χ1) is 7.52. The predicted molar refractivity (Wildman–Crippen MR) is 66.0 cm³/mol. The van der Waals surface area contributed by atoms with Crippen molar-refractivity contribution in [1.29, 1.82) is 0 Å². The van der Waals surface area contributed by atoms with Gasteiger partial charge < -0.3 is 5.11 Å². The van der Waals surface area contributed by atoms with Crippen molar-refractivity contribution < 1.29 is 5.11 Å². The molecule has 0 amide bonds. The molecular weight excluding hydrogens is 196 g/mol. The van der Waals surface area contributed by atoms with Gasteiger partial charge in [-0.2, -0.15) is 0 Å². The van der Waals surface area contributed by atoms with Crippen molar-refractivity contribution in [2.45, 2.75) is 46.0 Å². The standard InChI is InChI=1S/C15H24O/c1-10-4-5-12-13(9-16)14(2,3)11-6-7-15(10,12)8-11/h11-13,16H,1,4-9H2,2-3H3. The highest BCUT2D eigenvalue weighted by atomic mass is 16.3. The highest BCUT2D eigenvalue weighted by Gasteiger charge is 2.62. The molecule has 3 aliphatic carbocycles.